The lowest BCUT2D eigenvalue weighted by atomic mass is 9.87. The maximum atomic E-state index is 15.0. The van der Waals surface area contributed by atoms with Crippen LogP contribution in [0.3, 0.4) is 0 Å². The quantitative estimate of drug-likeness (QED) is 0.143. The zero-order valence-electron chi connectivity index (χ0n) is 40.9. The maximum absolute atomic E-state index is 15.0. The third-order valence-corrected chi connectivity index (χ3v) is 14.4. The summed E-state index contributed by atoms with van der Waals surface area (Å²) in [4.78, 5) is 65.7. The van der Waals surface area contributed by atoms with Gasteiger partial charge in [0.2, 0.25) is 39.0 Å². The Kier molecular flexibility index (Phi) is 18.1. The molecule has 0 unspecified atom stereocenters. The zero-order chi connectivity index (χ0) is 52.1. The summed E-state index contributed by atoms with van der Waals surface area (Å²) in [6.45, 7) is 15.1. The van der Waals surface area contributed by atoms with Gasteiger partial charge in [0, 0.05) is 35.7 Å². The Balaban J connectivity index is 0.00000361. The van der Waals surface area contributed by atoms with E-state index in [4.69, 9.17) is 18.9 Å². The number of rotatable bonds is 11. The second-order valence-electron chi connectivity index (χ2n) is 18.4. The summed E-state index contributed by atoms with van der Waals surface area (Å²) in [6, 6.07) is 0.631. The van der Waals surface area contributed by atoms with E-state index in [1.54, 1.807) is 26.0 Å². The molecular weight excluding hydrogens is 943 g/mol. The van der Waals surface area contributed by atoms with Crippen LogP contribution in [0.5, 0.6) is 11.6 Å². The fourth-order valence-electron chi connectivity index (χ4n) is 8.03. The second-order valence-corrected chi connectivity index (χ2v) is 20.6. The highest BCUT2D eigenvalue weighted by molar-refractivity contribution is 7.91. The Morgan fingerprint density at radius 2 is 1.67 bits per heavy atom. The molecule has 2 saturated carbocycles. The average Bonchev–Trinajstić information content (AvgIpc) is 4.14. The van der Waals surface area contributed by atoms with Crippen LogP contribution in [0.4, 0.5) is 31.1 Å². The van der Waals surface area contributed by atoms with Crippen molar-refractivity contribution in [3.8, 4) is 11.6 Å². The van der Waals surface area contributed by atoms with Crippen LogP contribution in [0.25, 0.3) is 11.0 Å². The molecule has 2 aromatic rings. The highest BCUT2D eigenvalue weighted by Crippen LogP contribution is 2.48. The molecule has 7 atom stereocenters. The van der Waals surface area contributed by atoms with Gasteiger partial charge in [-0.05, 0) is 91.2 Å². The average molecular weight is 1020 g/mol. The Labute approximate surface area is 403 Å². The smallest absolute Gasteiger partial charge is 0.438 e. The Morgan fingerprint density at radius 1 is 1.01 bits per heavy atom. The van der Waals surface area contributed by atoms with Gasteiger partial charge in [0.15, 0.2) is 0 Å². The molecule has 1 saturated heterocycles. The van der Waals surface area contributed by atoms with Crippen molar-refractivity contribution in [3.63, 3.8) is 0 Å². The van der Waals surface area contributed by atoms with E-state index in [1.165, 1.54) is 32.2 Å². The first kappa shape index (κ1) is 56.7. The van der Waals surface area contributed by atoms with Crippen molar-refractivity contribution in [1.29, 1.82) is 0 Å². The van der Waals surface area contributed by atoms with Crippen molar-refractivity contribution in [3.05, 3.63) is 36.0 Å². The first-order valence-corrected chi connectivity index (χ1v) is 24.7. The van der Waals surface area contributed by atoms with Crippen molar-refractivity contribution in [2.75, 3.05) is 20.3 Å². The number of halogens is 6. The second kappa shape index (κ2) is 22.0. The molecule has 0 radical (unpaired) electrons. The fourth-order valence-corrected chi connectivity index (χ4v) is 9.34. The fraction of sp³-hybridized carbons (Fsp3) is 0.696. The number of carbonyl (C=O) groups is 4. The third-order valence-electron chi connectivity index (χ3n) is 12.3. The van der Waals surface area contributed by atoms with Crippen LogP contribution in [0, 0.1) is 17.8 Å². The Bertz CT molecular complexity index is 2330. The highest BCUT2D eigenvalue weighted by Gasteiger charge is 2.63. The zero-order valence-corrected chi connectivity index (χ0v) is 41.7. The summed E-state index contributed by atoms with van der Waals surface area (Å²) in [5, 5.41) is 4.90. The summed E-state index contributed by atoms with van der Waals surface area (Å²) in [5.41, 5.74) is -6.59. The van der Waals surface area contributed by atoms with Gasteiger partial charge < -0.3 is 34.5 Å². The Hall–Kier alpha value is -4.93. The molecule has 1 aromatic heterocycles. The van der Waals surface area contributed by atoms with Gasteiger partial charge in [0.05, 0.1) is 35.0 Å². The van der Waals surface area contributed by atoms with Crippen molar-refractivity contribution in [2.45, 2.75) is 167 Å². The molecule has 4 aliphatic rings. The number of sulfonamides is 1. The van der Waals surface area contributed by atoms with E-state index in [2.05, 4.69) is 25.3 Å². The summed E-state index contributed by atoms with van der Waals surface area (Å²) >= 11 is 0. The molecule has 16 nitrogen and oxygen atoms in total. The third kappa shape index (κ3) is 13.3. The van der Waals surface area contributed by atoms with Gasteiger partial charge in [0.25, 0.3) is 5.91 Å². The van der Waals surface area contributed by atoms with E-state index in [9.17, 15) is 53.9 Å². The summed E-state index contributed by atoms with van der Waals surface area (Å²) in [6.07, 6.45) is -9.09. The molecule has 6 rings (SSSR count). The van der Waals surface area contributed by atoms with E-state index in [0.717, 1.165) is 4.90 Å². The molecule has 3 N–H and O–H groups in total. The van der Waals surface area contributed by atoms with Crippen LogP contribution >= 0.6 is 0 Å². The van der Waals surface area contributed by atoms with Gasteiger partial charge >= 0.3 is 18.4 Å². The predicted octanol–water partition coefficient (Wildman–Crippen LogP) is 8.52. The van der Waals surface area contributed by atoms with Crippen LogP contribution in [-0.4, -0.2) is 114 Å². The summed E-state index contributed by atoms with van der Waals surface area (Å²) < 4.78 is 135. The minimum Gasteiger partial charge on any atom is -0.491 e. The number of alkyl carbamates (subject to hydrolysis) is 1. The standard InChI is InChI=1S/C42H54F6N6O10S.2C2H6.3H2/c1-22(2)62-26-12-13-28-29(17-26)50-34(32(49-28)41(43,44)45)63-27-18-30-33(55)52-40(36(57)53-65(59,60)39(6)14-15-39)19-25(40)11-9-8-10-23(3)16-24(21-61-7)31(35(56)54(30)20-27)51-37(58)64-38(4,5)42(46,47)48;2*1-2;;;/h9,11-13,17,22-25,27,30-31H,8,10,14-16,18-21H2,1-7H3,(H,51,58)(H,52,55)(H,53,57);2*1-2H3;3*1H/b11-9-;;;;;/t23-,24-,25+,27+,30-,31-,40+;;;;;/m0...../s1. The largest absolute Gasteiger partial charge is 0.491 e. The van der Waals surface area contributed by atoms with E-state index in [-0.39, 0.29) is 52.5 Å². The Morgan fingerprint density at radius 3 is 2.25 bits per heavy atom. The number of benzene rings is 1. The van der Waals surface area contributed by atoms with Crippen LogP contribution in [-0.2, 0) is 40.1 Å². The van der Waals surface area contributed by atoms with Gasteiger partial charge in [-0.25, -0.2) is 23.2 Å². The van der Waals surface area contributed by atoms with Gasteiger partial charge in [-0.15, -0.1) is 0 Å². The molecule has 2 aliphatic carbocycles. The van der Waals surface area contributed by atoms with Crippen molar-refractivity contribution in [2.24, 2.45) is 17.8 Å². The van der Waals surface area contributed by atoms with Crippen LogP contribution in [0.15, 0.2) is 30.4 Å². The van der Waals surface area contributed by atoms with Crippen LogP contribution in [0.2, 0.25) is 0 Å². The SMILES string of the molecule is CC.CC.COC[C@@H]1C[C@@H](C)CC/C=C\[C@@H]2C[C@@]2(C(=O)NS(=O)(=O)C2(C)CC2)NC(=O)[C@@H]2C[C@@H](Oc3nc4cc(OC(C)C)ccc4nc3C(F)(F)F)CN2C(=O)[C@H]1NC(=O)OC(C)(C)C(F)(F)F.[HH].[HH].[HH]. The van der Waals surface area contributed by atoms with Crippen LogP contribution in [0.1, 0.15) is 124 Å². The van der Waals surface area contributed by atoms with Crippen molar-refractivity contribution >= 4 is 44.9 Å². The predicted molar refractivity (Wildman–Crippen MR) is 249 cm³/mol. The number of aromatic nitrogens is 2. The minimum atomic E-state index is -5.12. The lowest BCUT2D eigenvalue weighted by Crippen LogP contribution is -2.60. The number of hydrogen-bond acceptors (Lipinski definition) is 12. The number of fused-ring (bicyclic) bond motifs is 3. The molecule has 69 heavy (non-hydrogen) atoms. The lowest BCUT2D eigenvalue weighted by Gasteiger charge is -2.35. The molecule has 0 spiro atoms. The number of alkyl halides is 6. The molecule has 2 aliphatic heterocycles. The first-order valence-electron chi connectivity index (χ1n) is 23.2. The molecule has 394 valence electrons. The number of nitrogens with zero attached hydrogens (tertiary/aromatic N) is 3. The maximum Gasteiger partial charge on any atom is 0.438 e. The molecule has 3 fully saturated rings. The number of ether oxygens (including phenoxy) is 4. The topological polar surface area (TPSA) is 204 Å². The number of amides is 4. The molecule has 0 bridgehead atoms. The number of nitrogens with one attached hydrogen (secondary N) is 3. The number of methoxy groups -OCH3 is 1. The highest BCUT2D eigenvalue weighted by atomic mass is 32.2. The lowest BCUT2D eigenvalue weighted by molar-refractivity contribution is -0.244. The van der Waals surface area contributed by atoms with Gasteiger partial charge in [-0.3, -0.25) is 19.1 Å². The molecule has 3 heterocycles. The molecule has 23 heteroatoms. The van der Waals surface area contributed by atoms with Crippen molar-refractivity contribution < 1.29 is 77.2 Å². The first-order chi connectivity index (χ1) is 32.1. The molecular formula is C46H72F6N6O10S. The number of carbonyl (C=O) groups excluding carboxylic acids is 4. The van der Waals surface area contributed by atoms with E-state index < -0.39 is 117 Å². The summed E-state index contributed by atoms with van der Waals surface area (Å²) in [7, 11) is -2.91. The molecule has 1 aromatic carbocycles. The van der Waals surface area contributed by atoms with E-state index >= 15 is 0 Å². The van der Waals surface area contributed by atoms with Crippen LogP contribution < -0.4 is 24.8 Å². The monoisotopic (exact) mass is 1010 g/mol. The minimum absolute atomic E-state index is 0. The van der Waals surface area contributed by atoms with Gasteiger partial charge in [-0.1, -0.05) is 46.8 Å². The van der Waals surface area contributed by atoms with E-state index in [1.807, 2.05) is 34.6 Å². The van der Waals surface area contributed by atoms with Crippen molar-refractivity contribution in [1.82, 2.24) is 30.2 Å². The molecule has 4 amide bonds. The summed E-state index contributed by atoms with van der Waals surface area (Å²) in [5.74, 6) is -5.78. The number of allylic oxidation sites excluding steroid dienone is 1. The van der Waals surface area contributed by atoms with E-state index in [0.29, 0.717) is 39.5 Å². The van der Waals surface area contributed by atoms with Gasteiger partial charge in [-0.2, -0.15) is 26.3 Å². The normalized spacial score (nSPS) is 26.5. The number of hydrogen-bond donors (Lipinski definition) is 3. The van der Waals surface area contributed by atoms with Gasteiger partial charge in [0.1, 0.15) is 29.5 Å².